The first-order valence-electron chi connectivity index (χ1n) is 12.5. The summed E-state index contributed by atoms with van der Waals surface area (Å²) in [5.74, 6) is -2.67. The van der Waals surface area contributed by atoms with Crippen LogP contribution in [0.5, 0.6) is 5.75 Å². The van der Waals surface area contributed by atoms with Crippen molar-refractivity contribution >= 4 is 5.97 Å². The zero-order valence-electron chi connectivity index (χ0n) is 20.1. The van der Waals surface area contributed by atoms with E-state index in [0.29, 0.717) is 36.0 Å². The summed E-state index contributed by atoms with van der Waals surface area (Å²) in [6, 6.07) is 5.19. The highest BCUT2D eigenvalue weighted by atomic mass is 16.7. The molecule has 7 nitrogen and oxygen atoms in total. The summed E-state index contributed by atoms with van der Waals surface area (Å²) in [6.45, 7) is 7.42. The Kier molecular flexibility index (Phi) is 4.53. The molecule has 3 aliphatic carbocycles. The van der Waals surface area contributed by atoms with E-state index in [1.54, 1.807) is 19.1 Å². The lowest BCUT2D eigenvalue weighted by molar-refractivity contribution is -0.407. The fourth-order valence-electron chi connectivity index (χ4n) is 8.53. The van der Waals surface area contributed by atoms with E-state index < -0.39 is 41.1 Å². The van der Waals surface area contributed by atoms with Crippen LogP contribution in [0.2, 0.25) is 0 Å². The average Bonchev–Trinajstić information content (AvgIpc) is 3.22. The number of fused-ring (bicyclic) bond motifs is 4. The topological polar surface area (TPSA) is 116 Å². The minimum Gasteiger partial charge on any atom is -0.508 e. The van der Waals surface area contributed by atoms with Crippen LogP contribution in [0.15, 0.2) is 29.3 Å². The molecule has 4 N–H and O–H groups in total. The van der Waals surface area contributed by atoms with Crippen molar-refractivity contribution in [1.29, 1.82) is 0 Å². The molecule has 1 aromatic carbocycles. The summed E-state index contributed by atoms with van der Waals surface area (Å²) >= 11 is 0. The van der Waals surface area contributed by atoms with Crippen molar-refractivity contribution in [3.05, 3.63) is 40.5 Å². The van der Waals surface area contributed by atoms with Gasteiger partial charge in [-0.05, 0) is 68.1 Å². The molecule has 2 heterocycles. The Balaban J connectivity index is 1.48. The Bertz CT molecular complexity index is 1110. The van der Waals surface area contributed by atoms with Crippen LogP contribution in [0.25, 0.3) is 0 Å². The predicted octanol–water partition coefficient (Wildman–Crippen LogP) is 3.07. The van der Waals surface area contributed by atoms with Gasteiger partial charge in [0.05, 0.1) is 17.1 Å². The second-order valence-corrected chi connectivity index (χ2v) is 11.6. The van der Waals surface area contributed by atoms with Gasteiger partial charge in [-0.25, -0.2) is 4.79 Å². The van der Waals surface area contributed by atoms with Crippen LogP contribution in [-0.2, 0) is 14.3 Å². The summed E-state index contributed by atoms with van der Waals surface area (Å²) < 4.78 is 12.2. The van der Waals surface area contributed by atoms with Gasteiger partial charge in [-0.3, -0.25) is 0 Å². The Hall–Kier alpha value is -1.93. The summed E-state index contributed by atoms with van der Waals surface area (Å²) in [5.41, 5.74) is 0.490. The van der Waals surface area contributed by atoms with Gasteiger partial charge in [0, 0.05) is 23.5 Å². The van der Waals surface area contributed by atoms with Crippen LogP contribution < -0.4 is 0 Å². The van der Waals surface area contributed by atoms with Crippen LogP contribution >= 0.6 is 0 Å². The molecule has 2 saturated carbocycles. The highest BCUT2D eigenvalue weighted by Crippen LogP contribution is 2.73. The van der Waals surface area contributed by atoms with E-state index in [9.17, 15) is 25.2 Å². The van der Waals surface area contributed by atoms with Crippen molar-refractivity contribution < 1.29 is 34.7 Å². The number of cyclic esters (lactones) is 1. The zero-order valence-corrected chi connectivity index (χ0v) is 20.1. The second-order valence-electron chi connectivity index (χ2n) is 11.6. The number of esters is 1. The second kappa shape index (κ2) is 6.84. The first kappa shape index (κ1) is 22.5. The fraction of sp³-hybridized carbons (Fsp3) is 0.667. The number of aliphatic hydroxyl groups is 3. The average molecular weight is 471 g/mol. The minimum atomic E-state index is -1.69. The van der Waals surface area contributed by atoms with Gasteiger partial charge in [0.2, 0.25) is 0 Å². The molecule has 0 bridgehead atoms. The lowest BCUT2D eigenvalue weighted by Gasteiger charge is -2.66. The highest BCUT2D eigenvalue weighted by molar-refractivity contribution is 5.91. The normalized spacial score (nSPS) is 49.4. The summed E-state index contributed by atoms with van der Waals surface area (Å²) in [6.07, 6.45) is -0.168. The summed E-state index contributed by atoms with van der Waals surface area (Å²) in [7, 11) is 0. The van der Waals surface area contributed by atoms with Crippen molar-refractivity contribution in [2.24, 2.45) is 23.2 Å². The third-order valence-electron chi connectivity index (χ3n) is 10.6. The molecule has 7 heteroatoms. The van der Waals surface area contributed by atoms with Crippen molar-refractivity contribution in [3.8, 4) is 5.75 Å². The van der Waals surface area contributed by atoms with E-state index in [1.807, 2.05) is 26.8 Å². The van der Waals surface area contributed by atoms with Crippen molar-refractivity contribution in [2.75, 3.05) is 0 Å². The van der Waals surface area contributed by atoms with Crippen molar-refractivity contribution in [2.45, 2.75) is 89.0 Å². The number of benzene rings is 1. The molecule has 6 rings (SSSR count). The van der Waals surface area contributed by atoms with E-state index in [2.05, 4.69) is 0 Å². The standard InChI is InChI=1S/C27H34O7/c1-12-13(2)24(30)33-22(12)23-14(3)26(31)9-8-18-16-10-20(29)15-6-5-7-19(28)21(15)17(16)11-27(32,34-23)25(18,26)4/h5-7,14,16-18,20,22-23,28-29,31-32H,8-11H2,1-4H3/t14-,16-,17+,18+,20-,22+,23+,25+,26-,27+/m1/s1. The largest absolute Gasteiger partial charge is 0.508 e. The van der Waals surface area contributed by atoms with Gasteiger partial charge >= 0.3 is 5.97 Å². The van der Waals surface area contributed by atoms with Gasteiger partial charge in [0.15, 0.2) is 11.9 Å². The molecular weight excluding hydrogens is 436 g/mol. The van der Waals surface area contributed by atoms with Gasteiger partial charge in [-0.2, -0.15) is 0 Å². The molecule has 0 aromatic heterocycles. The molecule has 2 aliphatic heterocycles. The van der Waals surface area contributed by atoms with Gasteiger partial charge in [0.25, 0.3) is 0 Å². The number of aliphatic hydroxyl groups excluding tert-OH is 1. The molecule has 0 radical (unpaired) electrons. The lowest BCUT2D eigenvalue weighted by Crippen LogP contribution is -2.74. The molecule has 0 unspecified atom stereocenters. The molecular formula is C27H34O7. The van der Waals surface area contributed by atoms with Gasteiger partial charge in [0.1, 0.15) is 11.9 Å². The predicted molar refractivity (Wildman–Crippen MR) is 122 cm³/mol. The van der Waals surface area contributed by atoms with E-state index >= 15 is 0 Å². The molecule has 0 amide bonds. The minimum absolute atomic E-state index is 0.00404. The van der Waals surface area contributed by atoms with Crippen LogP contribution in [0.3, 0.4) is 0 Å². The number of aromatic hydroxyl groups is 1. The third-order valence-corrected chi connectivity index (χ3v) is 10.6. The van der Waals surface area contributed by atoms with Crippen LogP contribution in [0.4, 0.5) is 0 Å². The number of hydrogen-bond donors (Lipinski definition) is 4. The fourth-order valence-corrected chi connectivity index (χ4v) is 8.53. The zero-order chi connectivity index (χ0) is 24.4. The lowest BCUT2D eigenvalue weighted by atomic mass is 9.47. The first-order valence-corrected chi connectivity index (χ1v) is 12.5. The maximum absolute atomic E-state index is 12.3. The molecule has 1 saturated heterocycles. The highest BCUT2D eigenvalue weighted by Gasteiger charge is 2.77. The SMILES string of the molecule is CC1=C(C)[C@@H]([C@H]2O[C@@]3(O)C[C@@H]4c5c(O)cccc5[C@H](O)C[C@H]4[C@@H]4CC[C@@](O)([C@@H]2C)[C@]43C)OC1=O. The third kappa shape index (κ3) is 2.44. The van der Waals surface area contributed by atoms with Crippen LogP contribution in [-0.4, -0.2) is 50.0 Å². The van der Waals surface area contributed by atoms with E-state index in [-0.39, 0.29) is 35.8 Å². The Morgan fingerprint density at radius 3 is 2.59 bits per heavy atom. The number of rotatable bonds is 1. The number of phenols is 1. The number of ether oxygens (including phenoxy) is 2. The maximum Gasteiger partial charge on any atom is 0.334 e. The molecule has 10 atom stereocenters. The monoisotopic (exact) mass is 470 g/mol. The number of carbonyl (C=O) groups is 1. The number of phenolic OH excluding ortho intramolecular Hbond substituents is 1. The molecule has 184 valence electrons. The molecule has 3 fully saturated rings. The van der Waals surface area contributed by atoms with Crippen molar-refractivity contribution in [3.63, 3.8) is 0 Å². The van der Waals surface area contributed by atoms with Gasteiger partial charge in [-0.15, -0.1) is 0 Å². The molecule has 5 aliphatic rings. The Labute approximate surface area is 199 Å². The molecule has 1 aromatic rings. The van der Waals surface area contributed by atoms with E-state index in [1.165, 1.54) is 0 Å². The first-order chi connectivity index (χ1) is 15.9. The summed E-state index contributed by atoms with van der Waals surface area (Å²) in [4.78, 5) is 12.3. The molecule has 0 spiro atoms. The smallest absolute Gasteiger partial charge is 0.334 e. The number of hydrogen-bond acceptors (Lipinski definition) is 7. The Morgan fingerprint density at radius 1 is 1.18 bits per heavy atom. The number of carbonyl (C=O) groups excluding carboxylic acids is 1. The molecule has 34 heavy (non-hydrogen) atoms. The van der Waals surface area contributed by atoms with Crippen molar-refractivity contribution in [1.82, 2.24) is 0 Å². The van der Waals surface area contributed by atoms with Crippen LogP contribution in [0, 0.1) is 23.2 Å². The van der Waals surface area contributed by atoms with E-state index in [0.717, 1.165) is 5.57 Å². The maximum atomic E-state index is 12.3. The quantitative estimate of drug-likeness (QED) is 0.466. The van der Waals surface area contributed by atoms with Crippen LogP contribution in [0.1, 0.15) is 76.5 Å². The van der Waals surface area contributed by atoms with E-state index in [4.69, 9.17) is 9.47 Å². The summed E-state index contributed by atoms with van der Waals surface area (Å²) in [5, 5.41) is 46.3. The van der Waals surface area contributed by atoms with Gasteiger partial charge < -0.3 is 29.9 Å². The van der Waals surface area contributed by atoms with Gasteiger partial charge in [-0.1, -0.05) is 26.0 Å². The Morgan fingerprint density at radius 2 is 1.91 bits per heavy atom.